The van der Waals surface area contributed by atoms with Crippen molar-refractivity contribution in [1.82, 2.24) is 9.21 Å². The normalized spacial score (nSPS) is 30.8. The molecule has 0 saturated carbocycles. The molecule has 0 radical (unpaired) electrons. The number of benzene rings is 1. The lowest BCUT2D eigenvalue weighted by atomic mass is 9.71. The van der Waals surface area contributed by atoms with Gasteiger partial charge >= 0.3 is 6.09 Å². The maximum atomic E-state index is 13.8. The third-order valence-electron chi connectivity index (χ3n) is 6.49. The van der Waals surface area contributed by atoms with Crippen molar-refractivity contribution < 1.29 is 32.3 Å². The van der Waals surface area contributed by atoms with Crippen molar-refractivity contribution in [3.63, 3.8) is 0 Å². The zero-order chi connectivity index (χ0) is 21.7. The number of hydrogen-bond acceptors (Lipinski definition) is 7. The van der Waals surface area contributed by atoms with Gasteiger partial charge in [0.1, 0.15) is 6.29 Å². The number of aldehydes is 1. The zero-order valence-corrected chi connectivity index (χ0v) is 17.6. The number of ether oxygens (including phenoxy) is 2. The van der Waals surface area contributed by atoms with Crippen LogP contribution in [0.5, 0.6) is 0 Å². The molecular formula is C20H24N2O7S. The molecule has 30 heavy (non-hydrogen) atoms. The van der Waals surface area contributed by atoms with Gasteiger partial charge in [-0.15, -0.1) is 0 Å². The van der Waals surface area contributed by atoms with Crippen molar-refractivity contribution in [2.75, 3.05) is 26.8 Å². The van der Waals surface area contributed by atoms with E-state index in [9.17, 15) is 22.8 Å². The Labute approximate surface area is 175 Å². The molecule has 4 rings (SSSR count). The summed E-state index contributed by atoms with van der Waals surface area (Å²) in [7, 11) is -2.69. The largest absolute Gasteiger partial charge is 0.440 e. The summed E-state index contributed by atoms with van der Waals surface area (Å²) in [4.78, 5) is 38.9. The van der Waals surface area contributed by atoms with Gasteiger partial charge in [-0.1, -0.05) is 17.7 Å². The molecule has 9 nitrogen and oxygen atoms in total. The molecule has 10 heteroatoms. The first-order chi connectivity index (χ1) is 14.3. The summed E-state index contributed by atoms with van der Waals surface area (Å²) in [6.45, 7) is 1.95. The van der Waals surface area contributed by atoms with E-state index in [1.165, 1.54) is 24.1 Å². The van der Waals surface area contributed by atoms with Crippen molar-refractivity contribution in [1.29, 1.82) is 0 Å². The Hall–Kier alpha value is -2.46. The molecule has 4 atom stereocenters. The second-order valence-electron chi connectivity index (χ2n) is 8.02. The van der Waals surface area contributed by atoms with Crippen LogP contribution in [0.15, 0.2) is 29.2 Å². The molecule has 3 saturated heterocycles. The number of carbonyl (C=O) groups excluding carboxylic acids is 3. The molecule has 0 aliphatic carbocycles. The fraction of sp³-hybridized carbons (Fsp3) is 0.550. The van der Waals surface area contributed by atoms with E-state index in [1.54, 1.807) is 12.1 Å². The maximum absolute atomic E-state index is 13.8. The second kappa shape index (κ2) is 7.35. The Bertz CT molecular complexity index is 977. The van der Waals surface area contributed by atoms with Gasteiger partial charge in [-0.2, -0.15) is 0 Å². The quantitative estimate of drug-likeness (QED) is 0.611. The second-order valence-corrected chi connectivity index (χ2v) is 9.88. The first kappa shape index (κ1) is 20.8. The summed E-state index contributed by atoms with van der Waals surface area (Å²) < 4.78 is 38.1. The monoisotopic (exact) mass is 436 g/mol. The summed E-state index contributed by atoms with van der Waals surface area (Å²) in [5.74, 6) is -1.31. The highest BCUT2D eigenvalue weighted by molar-refractivity contribution is 7.89. The highest BCUT2D eigenvalue weighted by Gasteiger charge is 2.72. The summed E-state index contributed by atoms with van der Waals surface area (Å²) in [5, 5.41) is 0. The number of methoxy groups -OCH3 is 1. The highest BCUT2D eigenvalue weighted by atomic mass is 32.2. The molecule has 0 aromatic heterocycles. The van der Waals surface area contributed by atoms with E-state index in [2.05, 4.69) is 0 Å². The number of cyclic esters (lactones) is 1. The maximum Gasteiger partial charge on any atom is 0.411 e. The number of nitrogens with zero attached hydrogens (tertiary/aromatic N) is 2. The fourth-order valence-electron chi connectivity index (χ4n) is 5.15. The van der Waals surface area contributed by atoms with Crippen LogP contribution >= 0.6 is 0 Å². The molecule has 3 fully saturated rings. The zero-order valence-electron chi connectivity index (χ0n) is 16.8. The molecule has 162 valence electrons. The number of sulfonamides is 1. The Morgan fingerprint density at radius 2 is 1.97 bits per heavy atom. The summed E-state index contributed by atoms with van der Waals surface area (Å²) >= 11 is 0. The van der Waals surface area contributed by atoms with Gasteiger partial charge in [-0.25, -0.2) is 17.5 Å². The van der Waals surface area contributed by atoms with E-state index < -0.39 is 33.7 Å². The van der Waals surface area contributed by atoms with Gasteiger partial charge in [0.15, 0.2) is 11.6 Å². The van der Waals surface area contributed by atoms with Crippen LogP contribution in [0.4, 0.5) is 4.79 Å². The van der Waals surface area contributed by atoms with Crippen LogP contribution in [0.1, 0.15) is 18.4 Å². The minimum atomic E-state index is -4.12. The van der Waals surface area contributed by atoms with E-state index >= 15 is 0 Å². The van der Waals surface area contributed by atoms with Crippen molar-refractivity contribution in [2.45, 2.75) is 36.3 Å². The predicted octanol–water partition coefficient (Wildman–Crippen LogP) is 0.957. The topological polar surface area (TPSA) is 110 Å². The molecule has 2 amide bonds. The number of carbonyl (C=O) groups is 3. The highest BCUT2D eigenvalue weighted by Crippen LogP contribution is 2.52. The van der Waals surface area contributed by atoms with Crippen LogP contribution < -0.4 is 0 Å². The number of rotatable bonds is 6. The predicted molar refractivity (Wildman–Crippen MR) is 104 cm³/mol. The van der Waals surface area contributed by atoms with Gasteiger partial charge in [-0.3, -0.25) is 9.69 Å². The third-order valence-corrected chi connectivity index (χ3v) is 8.29. The Kier molecular flexibility index (Phi) is 5.09. The first-order valence-corrected chi connectivity index (χ1v) is 11.3. The molecule has 0 bridgehead atoms. The Balaban J connectivity index is 1.79. The average molecular weight is 436 g/mol. The van der Waals surface area contributed by atoms with Crippen molar-refractivity contribution in [3.05, 3.63) is 29.8 Å². The van der Waals surface area contributed by atoms with Gasteiger partial charge in [0.25, 0.3) is 15.9 Å². The van der Waals surface area contributed by atoms with Crippen LogP contribution in [0, 0.1) is 18.8 Å². The summed E-state index contributed by atoms with van der Waals surface area (Å²) in [6, 6.07) is 6.26. The lowest BCUT2D eigenvalue weighted by Gasteiger charge is -2.45. The van der Waals surface area contributed by atoms with Gasteiger partial charge in [0, 0.05) is 32.5 Å². The molecule has 1 unspecified atom stereocenters. The van der Waals surface area contributed by atoms with Crippen LogP contribution in [-0.4, -0.2) is 74.4 Å². The Morgan fingerprint density at radius 1 is 1.27 bits per heavy atom. The van der Waals surface area contributed by atoms with E-state index in [0.717, 1.165) is 16.2 Å². The van der Waals surface area contributed by atoms with E-state index in [0.29, 0.717) is 6.42 Å². The molecule has 3 aliphatic heterocycles. The third kappa shape index (κ3) is 2.77. The molecule has 1 aromatic rings. The molecule has 1 spiro atoms. The SMILES string of the molecule is COC[C@@H]1OC(=O)N2CC(CC=O)[C@H]3CCN(S(=O)(=O)c4ccc(C)cc4)C(=O)[C@]132. The van der Waals surface area contributed by atoms with E-state index in [4.69, 9.17) is 9.47 Å². The van der Waals surface area contributed by atoms with Crippen molar-refractivity contribution in [2.24, 2.45) is 11.8 Å². The molecule has 0 N–H and O–H groups in total. The van der Waals surface area contributed by atoms with Gasteiger partial charge in [0.05, 0.1) is 11.5 Å². The van der Waals surface area contributed by atoms with Gasteiger partial charge < -0.3 is 14.3 Å². The van der Waals surface area contributed by atoms with Crippen LogP contribution in [0.2, 0.25) is 0 Å². The average Bonchev–Trinajstić information content (AvgIpc) is 3.17. The van der Waals surface area contributed by atoms with Gasteiger partial charge in [-0.05, 0) is 31.4 Å². The standard InChI is InChI=1S/C20H24N2O7S/c1-13-3-5-15(6-4-13)30(26,27)22-9-7-16-14(8-10-23)11-21-19(25)29-17(12-28-2)20(16,21)18(22)24/h3-6,10,14,16-17H,7-9,11-12H2,1-2H3/t14?,16-,17+,20-/m1/s1. The first-order valence-electron chi connectivity index (χ1n) is 9.83. The van der Waals surface area contributed by atoms with Gasteiger partial charge in [0.2, 0.25) is 0 Å². The smallest absolute Gasteiger partial charge is 0.411 e. The lowest BCUT2D eigenvalue weighted by molar-refractivity contribution is -0.147. The van der Waals surface area contributed by atoms with Crippen LogP contribution in [0.3, 0.4) is 0 Å². The Morgan fingerprint density at radius 3 is 2.60 bits per heavy atom. The summed E-state index contributed by atoms with van der Waals surface area (Å²) in [6.07, 6.45) is -0.327. The number of hydrogen-bond donors (Lipinski definition) is 0. The molecule has 3 heterocycles. The fourth-order valence-corrected chi connectivity index (χ4v) is 6.60. The molecular weight excluding hydrogens is 412 g/mol. The number of aryl methyl sites for hydroxylation is 1. The lowest BCUT2D eigenvalue weighted by Crippen LogP contribution is -2.67. The van der Waals surface area contributed by atoms with Crippen molar-refractivity contribution in [3.8, 4) is 0 Å². The van der Waals surface area contributed by atoms with Crippen LogP contribution in [0.25, 0.3) is 0 Å². The minimum Gasteiger partial charge on any atom is -0.440 e. The molecule has 3 aliphatic rings. The molecule has 1 aromatic carbocycles. The van der Waals surface area contributed by atoms with E-state index in [-0.39, 0.29) is 42.8 Å². The van der Waals surface area contributed by atoms with E-state index in [1.807, 2.05) is 6.92 Å². The summed E-state index contributed by atoms with van der Waals surface area (Å²) in [5.41, 5.74) is -0.595. The van der Waals surface area contributed by atoms with Crippen molar-refractivity contribution >= 4 is 28.3 Å². The van der Waals surface area contributed by atoms with Crippen LogP contribution in [-0.2, 0) is 29.1 Å². The number of amides is 2. The minimum absolute atomic E-state index is 0.0128. The number of piperidine rings is 1.